The lowest BCUT2D eigenvalue weighted by atomic mass is 9.93. The predicted octanol–water partition coefficient (Wildman–Crippen LogP) is 4.40. The standard InChI is InChI=1S/C32H35N3O5/c1-21-18-35(19-22-9-3-2-4-10-22)16-15-28(21)33-31(38)29(17-30(36)37)34-32(39)40-20-27-25-13-7-5-11-23(25)24-12-6-8-14-26(24)27/h2-14,21,27-29H,15-20H2,1H3,(H,33,38)(H,34,39)(H,36,37). The fourth-order valence-corrected chi connectivity index (χ4v) is 5.88. The molecule has 0 saturated carbocycles. The molecule has 2 aliphatic rings. The van der Waals surface area contributed by atoms with Crippen molar-refractivity contribution in [2.24, 2.45) is 5.92 Å². The third-order valence-electron chi connectivity index (χ3n) is 7.90. The summed E-state index contributed by atoms with van der Waals surface area (Å²) in [6, 6.07) is 24.9. The molecule has 40 heavy (non-hydrogen) atoms. The van der Waals surface area contributed by atoms with Crippen LogP contribution in [0.1, 0.15) is 42.4 Å². The highest BCUT2D eigenvalue weighted by Crippen LogP contribution is 2.44. The van der Waals surface area contributed by atoms with Crippen molar-refractivity contribution in [2.45, 2.75) is 44.3 Å². The van der Waals surface area contributed by atoms with Gasteiger partial charge in [-0.2, -0.15) is 0 Å². The number of rotatable bonds is 9. The first-order chi connectivity index (χ1) is 19.4. The molecular weight excluding hydrogens is 506 g/mol. The normalized spacial score (nSPS) is 19.2. The number of benzene rings is 3. The molecule has 0 aromatic heterocycles. The van der Waals surface area contributed by atoms with Gasteiger partial charge in [0.2, 0.25) is 5.91 Å². The second kappa shape index (κ2) is 12.3. The number of fused-ring (bicyclic) bond motifs is 3. The zero-order valence-corrected chi connectivity index (χ0v) is 22.6. The van der Waals surface area contributed by atoms with Crippen LogP contribution in [0.5, 0.6) is 0 Å². The zero-order chi connectivity index (χ0) is 28.1. The van der Waals surface area contributed by atoms with Crippen molar-refractivity contribution >= 4 is 18.0 Å². The van der Waals surface area contributed by atoms with Gasteiger partial charge < -0.3 is 20.5 Å². The number of alkyl carbamates (subject to hydrolysis) is 1. The molecule has 0 spiro atoms. The molecule has 3 atom stereocenters. The van der Waals surface area contributed by atoms with Crippen molar-refractivity contribution in [3.05, 3.63) is 95.6 Å². The smallest absolute Gasteiger partial charge is 0.407 e. The molecule has 1 saturated heterocycles. The third-order valence-corrected chi connectivity index (χ3v) is 7.90. The number of carbonyl (C=O) groups excluding carboxylic acids is 2. The molecule has 0 radical (unpaired) electrons. The second-order valence-electron chi connectivity index (χ2n) is 10.7. The molecule has 1 fully saturated rings. The van der Waals surface area contributed by atoms with Gasteiger partial charge >= 0.3 is 12.1 Å². The van der Waals surface area contributed by atoms with E-state index >= 15 is 0 Å². The summed E-state index contributed by atoms with van der Waals surface area (Å²) in [5.74, 6) is -1.65. The van der Waals surface area contributed by atoms with E-state index < -0.39 is 30.4 Å². The number of aliphatic carboxylic acids is 1. The Labute approximate surface area is 234 Å². The van der Waals surface area contributed by atoms with Crippen LogP contribution in [0.4, 0.5) is 4.79 Å². The van der Waals surface area contributed by atoms with E-state index in [2.05, 4.69) is 46.7 Å². The van der Waals surface area contributed by atoms with Crippen molar-refractivity contribution in [1.29, 1.82) is 0 Å². The Balaban J connectivity index is 1.16. The van der Waals surface area contributed by atoms with Crippen LogP contribution in [0.3, 0.4) is 0 Å². The number of hydrogen-bond acceptors (Lipinski definition) is 5. The van der Waals surface area contributed by atoms with E-state index in [1.54, 1.807) is 0 Å². The van der Waals surface area contributed by atoms with E-state index in [-0.39, 0.29) is 24.5 Å². The fourth-order valence-electron chi connectivity index (χ4n) is 5.88. The summed E-state index contributed by atoms with van der Waals surface area (Å²) in [5.41, 5.74) is 5.61. The molecular formula is C32H35N3O5. The van der Waals surface area contributed by atoms with Crippen LogP contribution in [-0.4, -0.2) is 59.8 Å². The van der Waals surface area contributed by atoms with Gasteiger partial charge in [0.05, 0.1) is 6.42 Å². The van der Waals surface area contributed by atoms with Gasteiger partial charge in [-0.25, -0.2) is 4.79 Å². The van der Waals surface area contributed by atoms with E-state index in [1.165, 1.54) is 5.56 Å². The molecule has 1 aliphatic carbocycles. The number of nitrogens with zero attached hydrogens (tertiary/aromatic N) is 1. The van der Waals surface area contributed by atoms with Crippen LogP contribution < -0.4 is 10.6 Å². The first-order valence-corrected chi connectivity index (χ1v) is 13.8. The number of carbonyl (C=O) groups is 3. The minimum absolute atomic E-state index is 0.0815. The van der Waals surface area contributed by atoms with Gasteiger partial charge in [-0.15, -0.1) is 0 Å². The number of nitrogens with one attached hydrogen (secondary N) is 2. The molecule has 3 N–H and O–H groups in total. The Hall–Kier alpha value is -4.17. The first kappa shape index (κ1) is 27.4. The van der Waals surface area contributed by atoms with E-state index in [9.17, 15) is 19.5 Å². The maximum absolute atomic E-state index is 13.1. The summed E-state index contributed by atoms with van der Waals surface area (Å²) in [7, 11) is 0. The third kappa shape index (κ3) is 6.34. The number of carboxylic acids is 1. The van der Waals surface area contributed by atoms with Crippen LogP contribution in [0.2, 0.25) is 0 Å². The van der Waals surface area contributed by atoms with Crippen LogP contribution in [0.25, 0.3) is 11.1 Å². The molecule has 0 bridgehead atoms. The average molecular weight is 542 g/mol. The highest BCUT2D eigenvalue weighted by molar-refractivity contribution is 5.89. The minimum atomic E-state index is -1.23. The van der Waals surface area contributed by atoms with Gasteiger partial charge in [0.25, 0.3) is 0 Å². The molecule has 8 heteroatoms. The van der Waals surface area contributed by atoms with Crippen molar-refractivity contribution in [2.75, 3.05) is 19.7 Å². The van der Waals surface area contributed by atoms with Crippen LogP contribution in [0.15, 0.2) is 78.9 Å². The largest absolute Gasteiger partial charge is 0.481 e. The summed E-state index contributed by atoms with van der Waals surface area (Å²) in [4.78, 5) is 39.8. The number of hydrogen-bond donors (Lipinski definition) is 3. The van der Waals surface area contributed by atoms with Crippen LogP contribution in [0, 0.1) is 5.92 Å². The Bertz CT molecular complexity index is 1320. The van der Waals surface area contributed by atoms with Crippen LogP contribution in [-0.2, 0) is 20.9 Å². The number of piperidine rings is 1. The van der Waals surface area contributed by atoms with E-state index in [0.717, 1.165) is 48.3 Å². The summed E-state index contributed by atoms with van der Waals surface area (Å²) >= 11 is 0. The monoisotopic (exact) mass is 541 g/mol. The average Bonchev–Trinajstić information content (AvgIpc) is 3.27. The summed E-state index contributed by atoms with van der Waals surface area (Å²) in [6.45, 7) is 4.62. The van der Waals surface area contributed by atoms with E-state index in [1.807, 2.05) is 54.6 Å². The first-order valence-electron chi connectivity index (χ1n) is 13.8. The molecule has 3 aromatic rings. The Kier molecular flexibility index (Phi) is 8.45. The minimum Gasteiger partial charge on any atom is -0.481 e. The highest BCUT2D eigenvalue weighted by Gasteiger charge is 2.33. The zero-order valence-electron chi connectivity index (χ0n) is 22.6. The molecule has 5 rings (SSSR count). The lowest BCUT2D eigenvalue weighted by Crippen LogP contribution is -2.55. The van der Waals surface area contributed by atoms with Gasteiger partial charge in [-0.3, -0.25) is 14.5 Å². The summed E-state index contributed by atoms with van der Waals surface area (Å²) < 4.78 is 5.55. The number of likely N-dealkylation sites (tertiary alicyclic amines) is 1. The van der Waals surface area contributed by atoms with E-state index in [0.29, 0.717) is 0 Å². The summed E-state index contributed by atoms with van der Waals surface area (Å²) in [6.07, 6.45) is -0.601. The molecule has 1 heterocycles. The van der Waals surface area contributed by atoms with Gasteiger partial charge in [-0.05, 0) is 40.2 Å². The lowest BCUT2D eigenvalue weighted by molar-refractivity contribution is -0.140. The van der Waals surface area contributed by atoms with Gasteiger partial charge in [0, 0.05) is 31.6 Å². The second-order valence-corrected chi connectivity index (χ2v) is 10.7. The highest BCUT2D eigenvalue weighted by atomic mass is 16.5. The predicted molar refractivity (Wildman–Crippen MR) is 152 cm³/mol. The summed E-state index contributed by atoms with van der Waals surface area (Å²) in [5, 5.41) is 14.9. The quantitative estimate of drug-likeness (QED) is 0.371. The topological polar surface area (TPSA) is 108 Å². The fraction of sp³-hybridized carbons (Fsp3) is 0.344. The molecule has 2 amide bonds. The van der Waals surface area contributed by atoms with Gasteiger partial charge in [0.1, 0.15) is 12.6 Å². The Morgan fingerprint density at radius 2 is 1.57 bits per heavy atom. The van der Waals surface area contributed by atoms with E-state index in [4.69, 9.17) is 4.74 Å². The molecule has 1 aliphatic heterocycles. The Morgan fingerprint density at radius 1 is 0.950 bits per heavy atom. The van der Waals surface area contributed by atoms with Gasteiger partial charge in [-0.1, -0.05) is 85.8 Å². The van der Waals surface area contributed by atoms with Crippen molar-refractivity contribution in [3.8, 4) is 11.1 Å². The molecule has 3 unspecified atom stereocenters. The maximum Gasteiger partial charge on any atom is 0.407 e. The molecule has 8 nitrogen and oxygen atoms in total. The molecule has 208 valence electrons. The molecule has 3 aromatic carbocycles. The Morgan fingerprint density at radius 3 is 2.20 bits per heavy atom. The van der Waals surface area contributed by atoms with Gasteiger partial charge in [0.15, 0.2) is 0 Å². The van der Waals surface area contributed by atoms with Crippen LogP contribution >= 0.6 is 0 Å². The number of ether oxygens (including phenoxy) is 1. The SMILES string of the molecule is CC1CN(Cc2ccccc2)CCC1NC(=O)C(CC(=O)O)NC(=O)OCC1c2ccccc2-c2ccccc21. The van der Waals surface area contributed by atoms with Crippen molar-refractivity contribution < 1.29 is 24.2 Å². The lowest BCUT2D eigenvalue weighted by Gasteiger charge is -2.37. The number of amides is 2. The maximum atomic E-state index is 13.1. The number of carboxylic acid groups (broad SMARTS) is 1. The van der Waals surface area contributed by atoms with Crippen molar-refractivity contribution in [3.63, 3.8) is 0 Å². The van der Waals surface area contributed by atoms with Crippen molar-refractivity contribution in [1.82, 2.24) is 15.5 Å².